The van der Waals surface area contributed by atoms with E-state index in [-0.39, 0.29) is 16.3 Å². The predicted molar refractivity (Wildman–Crippen MR) is 105 cm³/mol. The van der Waals surface area contributed by atoms with Crippen LogP contribution in [0.25, 0.3) is 22.4 Å². The van der Waals surface area contributed by atoms with Crippen molar-refractivity contribution in [3.05, 3.63) is 56.3 Å². The lowest BCUT2D eigenvalue weighted by atomic mass is 10.1. The van der Waals surface area contributed by atoms with Gasteiger partial charge in [0, 0.05) is 25.7 Å². The summed E-state index contributed by atoms with van der Waals surface area (Å²) in [6, 6.07) is 9.34. The second kappa shape index (κ2) is 7.25. The van der Waals surface area contributed by atoms with Gasteiger partial charge in [-0.1, -0.05) is 41.9 Å². The molecule has 4 rings (SSSR count). The van der Waals surface area contributed by atoms with E-state index in [0.29, 0.717) is 18.8 Å². The van der Waals surface area contributed by atoms with Gasteiger partial charge in [-0.25, -0.2) is 14.8 Å². The van der Waals surface area contributed by atoms with Crippen LogP contribution in [0.2, 0.25) is 5.15 Å². The van der Waals surface area contributed by atoms with Crippen molar-refractivity contribution >= 4 is 22.8 Å². The van der Waals surface area contributed by atoms with Crippen molar-refractivity contribution in [2.45, 2.75) is 19.4 Å². The summed E-state index contributed by atoms with van der Waals surface area (Å²) in [6.45, 7) is 3.03. The topological polar surface area (TPSA) is 73.0 Å². The summed E-state index contributed by atoms with van der Waals surface area (Å²) in [5, 5.41) is 0.165. The van der Waals surface area contributed by atoms with Gasteiger partial charge in [-0.3, -0.25) is 13.9 Å². The molecule has 8 heteroatoms. The Morgan fingerprint density at radius 1 is 1.04 bits per heavy atom. The largest absolute Gasteiger partial charge is 0.332 e. The Morgan fingerprint density at radius 2 is 1.74 bits per heavy atom. The zero-order valence-electron chi connectivity index (χ0n) is 15.1. The predicted octanol–water partition coefficient (Wildman–Crippen LogP) is 1.91. The molecule has 1 aromatic carbocycles. The first-order valence-electron chi connectivity index (χ1n) is 9.01. The summed E-state index contributed by atoms with van der Waals surface area (Å²) >= 11 is 6.30. The van der Waals surface area contributed by atoms with Crippen LogP contribution in [0.15, 0.2) is 39.9 Å². The first-order chi connectivity index (χ1) is 13.1. The van der Waals surface area contributed by atoms with Crippen molar-refractivity contribution in [2.75, 3.05) is 19.6 Å². The summed E-state index contributed by atoms with van der Waals surface area (Å²) in [7, 11) is 1.59. The Bertz CT molecular complexity index is 1100. The molecule has 0 spiro atoms. The van der Waals surface area contributed by atoms with E-state index < -0.39 is 11.2 Å². The SMILES string of the molecule is Cn1c(=O)n(CCN2CCCC2)c(=O)c2nc(-c3ccccc3)c(Cl)nc21. The quantitative estimate of drug-likeness (QED) is 0.686. The number of hydrogen-bond donors (Lipinski definition) is 0. The molecule has 0 radical (unpaired) electrons. The van der Waals surface area contributed by atoms with Crippen LogP contribution in [0.4, 0.5) is 0 Å². The number of likely N-dealkylation sites (tertiary alicyclic amines) is 1. The van der Waals surface area contributed by atoms with E-state index in [1.54, 1.807) is 7.05 Å². The highest BCUT2D eigenvalue weighted by Crippen LogP contribution is 2.25. The van der Waals surface area contributed by atoms with Crippen molar-refractivity contribution in [1.29, 1.82) is 0 Å². The van der Waals surface area contributed by atoms with E-state index in [1.807, 2.05) is 30.3 Å². The third kappa shape index (κ3) is 3.28. The second-order valence-corrected chi connectivity index (χ2v) is 7.11. The van der Waals surface area contributed by atoms with Gasteiger partial charge in [0.1, 0.15) is 5.69 Å². The molecule has 0 N–H and O–H groups in total. The van der Waals surface area contributed by atoms with E-state index in [4.69, 9.17) is 11.6 Å². The minimum atomic E-state index is -0.423. The molecular weight excluding hydrogens is 366 g/mol. The molecule has 7 nitrogen and oxygen atoms in total. The molecule has 2 aromatic heterocycles. The number of aromatic nitrogens is 4. The Labute approximate surface area is 160 Å². The van der Waals surface area contributed by atoms with Crippen LogP contribution in [0, 0.1) is 0 Å². The van der Waals surface area contributed by atoms with Gasteiger partial charge in [-0.15, -0.1) is 0 Å². The van der Waals surface area contributed by atoms with Gasteiger partial charge in [0.25, 0.3) is 5.56 Å². The van der Waals surface area contributed by atoms with Crippen molar-refractivity contribution in [3.63, 3.8) is 0 Å². The van der Waals surface area contributed by atoms with E-state index in [9.17, 15) is 9.59 Å². The third-order valence-corrected chi connectivity index (χ3v) is 5.27. The van der Waals surface area contributed by atoms with Gasteiger partial charge in [-0.2, -0.15) is 0 Å². The van der Waals surface area contributed by atoms with Gasteiger partial charge >= 0.3 is 5.69 Å². The van der Waals surface area contributed by atoms with Crippen molar-refractivity contribution in [3.8, 4) is 11.3 Å². The van der Waals surface area contributed by atoms with E-state index in [0.717, 1.165) is 31.5 Å². The maximum atomic E-state index is 13.0. The fourth-order valence-electron chi connectivity index (χ4n) is 3.50. The monoisotopic (exact) mass is 385 g/mol. The Morgan fingerprint density at radius 3 is 2.44 bits per heavy atom. The van der Waals surface area contributed by atoms with Crippen LogP contribution in [-0.4, -0.2) is 43.6 Å². The van der Waals surface area contributed by atoms with Gasteiger partial charge in [-0.05, 0) is 25.9 Å². The highest BCUT2D eigenvalue weighted by Gasteiger charge is 2.18. The zero-order valence-corrected chi connectivity index (χ0v) is 15.8. The molecule has 27 heavy (non-hydrogen) atoms. The van der Waals surface area contributed by atoms with E-state index >= 15 is 0 Å². The normalized spacial score (nSPS) is 14.9. The van der Waals surface area contributed by atoms with Gasteiger partial charge < -0.3 is 4.90 Å². The van der Waals surface area contributed by atoms with Gasteiger partial charge in [0.05, 0.1) is 0 Å². The molecule has 0 saturated carbocycles. The van der Waals surface area contributed by atoms with Crippen LogP contribution in [-0.2, 0) is 13.6 Å². The lowest BCUT2D eigenvalue weighted by Crippen LogP contribution is -2.42. The molecule has 1 aliphatic rings. The highest BCUT2D eigenvalue weighted by molar-refractivity contribution is 6.32. The van der Waals surface area contributed by atoms with Crippen molar-refractivity contribution in [1.82, 2.24) is 24.0 Å². The maximum Gasteiger partial charge on any atom is 0.332 e. The lowest BCUT2D eigenvalue weighted by Gasteiger charge is -2.16. The summed E-state index contributed by atoms with van der Waals surface area (Å²) in [6.07, 6.45) is 2.32. The van der Waals surface area contributed by atoms with Crippen molar-refractivity contribution in [2.24, 2.45) is 7.05 Å². The van der Waals surface area contributed by atoms with E-state index in [1.165, 1.54) is 9.13 Å². The van der Waals surface area contributed by atoms with Crippen LogP contribution >= 0.6 is 11.6 Å². The molecule has 1 aliphatic heterocycles. The average molecular weight is 386 g/mol. The fraction of sp³-hybridized carbons (Fsp3) is 0.368. The summed E-state index contributed by atoms with van der Waals surface area (Å²) in [5.41, 5.74) is 0.743. The number of fused-ring (bicyclic) bond motifs is 1. The summed E-state index contributed by atoms with van der Waals surface area (Å²) in [5.74, 6) is 0. The molecule has 1 fully saturated rings. The van der Waals surface area contributed by atoms with Crippen LogP contribution in [0.5, 0.6) is 0 Å². The van der Waals surface area contributed by atoms with Crippen LogP contribution in [0.1, 0.15) is 12.8 Å². The van der Waals surface area contributed by atoms with Crippen molar-refractivity contribution < 1.29 is 0 Å². The zero-order chi connectivity index (χ0) is 19.0. The summed E-state index contributed by atoms with van der Waals surface area (Å²) in [4.78, 5) is 36.7. The molecule has 140 valence electrons. The molecule has 1 saturated heterocycles. The Kier molecular flexibility index (Phi) is 4.80. The number of aryl methyl sites for hydroxylation is 1. The Hall–Kier alpha value is -2.51. The van der Waals surface area contributed by atoms with Gasteiger partial charge in [0.2, 0.25) is 0 Å². The highest BCUT2D eigenvalue weighted by atomic mass is 35.5. The molecule has 0 aliphatic carbocycles. The smallest absolute Gasteiger partial charge is 0.302 e. The van der Waals surface area contributed by atoms with Crippen LogP contribution < -0.4 is 11.2 Å². The van der Waals surface area contributed by atoms with Gasteiger partial charge in [0.15, 0.2) is 16.3 Å². The van der Waals surface area contributed by atoms with Crippen LogP contribution in [0.3, 0.4) is 0 Å². The number of hydrogen-bond acceptors (Lipinski definition) is 5. The first-order valence-corrected chi connectivity index (χ1v) is 9.39. The standard InChI is InChI=1S/C19H20ClN5O2/c1-23-17-15(21-14(16(20)22-17)13-7-3-2-4-8-13)18(26)25(19(23)27)12-11-24-9-5-6-10-24/h2-4,7-8H,5-6,9-12H2,1H3. The molecule has 3 aromatic rings. The Balaban J connectivity index is 1.84. The molecule has 3 heterocycles. The number of benzene rings is 1. The fourth-order valence-corrected chi connectivity index (χ4v) is 3.73. The molecule has 0 unspecified atom stereocenters. The molecule has 0 atom stereocenters. The lowest BCUT2D eigenvalue weighted by molar-refractivity contribution is 0.317. The first kappa shape index (κ1) is 17.9. The minimum Gasteiger partial charge on any atom is -0.302 e. The number of halogens is 1. The third-order valence-electron chi connectivity index (χ3n) is 5.00. The minimum absolute atomic E-state index is 0.154. The van der Waals surface area contributed by atoms with E-state index in [2.05, 4.69) is 14.9 Å². The average Bonchev–Trinajstić information content (AvgIpc) is 3.20. The number of rotatable bonds is 4. The summed E-state index contributed by atoms with van der Waals surface area (Å²) < 4.78 is 2.59. The molecule has 0 amide bonds. The second-order valence-electron chi connectivity index (χ2n) is 6.75. The number of nitrogens with zero attached hydrogens (tertiary/aromatic N) is 5. The molecule has 0 bridgehead atoms. The molecular formula is C19H20ClN5O2. The maximum absolute atomic E-state index is 13.0.